The van der Waals surface area contributed by atoms with Gasteiger partial charge in [0.2, 0.25) is 0 Å². The molecular weight excluding hydrogens is 426 g/mol. The third-order valence-corrected chi connectivity index (χ3v) is 6.98. The molecule has 2 aliphatic rings. The number of rotatable bonds is 5. The second kappa shape index (κ2) is 9.34. The van der Waals surface area contributed by atoms with Crippen molar-refractivity contribution in [2.75, 3.05) is 6.61 Å². The summed E-state index contributed by atoms with van der Waals surface area (Å²) in [5, 5.41) is 13.4. The van der Waals surface area contributed by atoms with Gasteiger partial charge < -0.3 is 14.7 Å². The zero-order valence-electron chi connectivity index (χ0n) is 19.4. The second-order valence-electron chi connectivity index (χ2n) is 9.06. The number of carbonyl (C=O) groups is 2. The predicted octanol–water partition coefficient (Wildman–Crippen LogP) is 5.99. The molecule has 1 unspecified atom stereocenters. The van der Waals surface area contributed by atoms with Gasteiger partial charge in [-0.3, -0.25) is 9.59 Å². The maximum absolute atomic E-state index is 13.4. The van der Waals surface area contributed by atoms with Crippen LogP contribution in [0.4, 0.5) is 0 Å². The van der Waals surface area contributed by atoms with Crippen molar-refractivity contribution in [3.63, 3.8) is 0 Å². The molecule has 174 valence electrons. The SMILES string of the molecule is CCOc1ccc(C2/C(=C(/O)c3ccc4ccccc4c3)C(=O)C(=O)N2C2CCCCC2)cc1. The summed E-state index contributed by atoms with van der Waals surface area (Å²) in [5.41, 5.74) is 1.50. The van der Waals surface area contributed by atoms with Gasteiger partial charge in [0, 0.05) is 11.6 Å². The van der Waals surface area contributed by atoms with Gasteiger partial charge in [-0.25, -0.2) is 0 Å². The number of Topliss-reactive ketones (excluding diaryl/α,β-unsaturated/α-hetero) is 1. The standard InChI is InChI=1S/C29H29NO4/c1-2-34-24-16-14-20(15-17-24)26-25(28(32)29(33)30(26)23-10-4-3-5-11-23)27(31)22-13-12-19-8-6-7-9-21(19)18-22/h6-9,12-18,23,26,31H,2-5,10-11H2,1H3/b27-25-. The Morgan fingerprint density at radius 2 is 1.65 bits per heavy atom. The summed E-state index contributed by atoms with van der Waals surface area (Å²) in [4.78, 5) is 28.4. The number of amides is 1. The van der Waals surface area contributed by atoms with Crippen molar-refractivity contribution in [2.24, 2.45) is 0 Å². The Morgan fingerprint density at radius 1 is 0.941 bits per heavy atom. The second-order valence-corrected chi connectivity index (χ2v) is 9.06. The summed E-state index contributed by atoms with van der Waals surface area (Å²) < 4.78 is 5.58. The first kappa shape index (κ1) is 22.2. The number of nitrogens with zero attached hydrogens (tertiary/aromatic N) is 1. The van der Waals surface area contributed by atoms with Gasteiger partial charge in [0.15, 0.2) is 0 Å². The van der Waals surface area contributed by atoms with E-state index in [1.54, 1.807) is 11.0 Å². The molecule has 2 fully saturated rings. The van der Waals surface area contributed by atoms with Crippen LogP contribution in [-0.4, -0.2) is 34.3 Å². The van der Waals surface area contributed by atoms with Crippen molar-refractivity contribution in [3.05, 3.63) is 83.4 Å². The normalized spacial score (nSPS) is 20.7. The Labute approximate surface area is 199 Å². The van der Waals surface area contributed by atoms with E-state index >= 15 is 0 Å². The van der Waals surface area contributed by atoms with Crippen molar-refractivity contribution >= 4 is 28.2 Å². The zero-order chi connectivity index (χ0) is 23.7. The van der Waals surface area contributed by atoms with E-state index in [0.29, 0.717) is 12.2 Å². The van der Waals surface area contributed by atoms with Crippen LogP contribution in [0.1, 0.15) is 56.2 Å². The summed E-state index contributed by atoms with van der Waals surface area (Å²) in [5.74, 6) is -0.528. The molecular formula is C29H29NO4. The highest BCUT2D eigenvalue weighted by Crippen LogP contribution is 2.43. The first-order valence-corrected chi connectivity index (χ1v) is 12.1. The Kier molecular flexibility index (Phi) is 6.10. The van der Waals surface area contributed by atoms with Crippen molar-refractivity contribution in [1.29, 1.82) is 0 Å². The lowest BCUT2D eigenvalue weighted by Gasteiger charge is -2.35. The zero-order valence-corrected chi connectivity index (χ0v) is 19.4. The highest BCUT2D eigenvalue weighted by molar-refractivity contribution is 6.46. The van der Waals surface area contributed by atoms with Gasteiger partial charge in [-0.2, -0.15) is 0 Å². The molecule has 5 heteroatoms. The molecule has 1 amide bonds. The largest absolute Gasteiger partial charge is 0.507 e. The summed E-state index contributed by atoms with van der Waals surface area (Å²) >= 11 is 0. The number of aliphatic hydroxyl groups is 1. The number of hydrogen-bond acceptors (Lipinski definition) is 4. The van der Waals surface area contributed by atoms with Crippen LogP contribution in [-0.2, 0) is 9.59 Å². The molecule has 1 saturated carbocycles. The lowest BCUT2D eigenvalue weighted by Crippen LogP contribution is -2.40. The number of likely N-dealkylation sites (tertiary alicyclic amines) is 1. The van der Waals surface area contributed by atoms with Gasteiger partial charge in [0.1, 0.15) is 11.5 Å². The molecule has 0 aromatic heterocycles. The van der Waals surface area contributed by atoms with Gasteiger partial charge in [-0.05, 0) is 54.3 Å². The van der Waals surface area contributed by atoms with Gasteiger partial charge in [0.25, 0.3) is 11.7 Å². The minimum atomic E-state index is -0.620. The monoisotopic (exact) mass is 455 g/mol. The topological polar surface area (TPSA) is 66.8 Å². The first-order chi connectivity index (χ1) is 16.6. The number of carbonyl (C=O) groups excluding carboxylic acids is 2. The van der Waals surface area contributed by atoms with E-state index in [-0.39, 0.29) is 17.4 Å². The van der Waals surface area contributed by atoms with E-state index in [1.807, 2.05) is 67.6 Å². The van der Waals surface area contributed by atoms with E-state index < -0.39 is 17.7 Å². The molecule has 5 nitrogen and oxygen atoms in total. The molecule has 0 radical (unpaired) electrons. The fourth-order valence-corrected chi connectivity index (χ4v) is 5.32. The quantitative estimate of drug-likeness (QED) is 0.291. The van der Waals surface area contributed by atoms with Crippen LogP contribution >= 0.6 is 0 Å². The van der Waals surface area contributed by atoms with Crippen LogP contribution in [0.3, 0.4) is 0 Å². The smallest absolute Gasteiger partial charge is 0.295 e. The van der Waals surface area contributed by atoms with Crippen molar-refractivity contribution in [1.82, 2.24) is 4.90 Å². The third-order valence-electron chi connectivity index (χ3n) is 6.98. The van der Waals surface area contributed by atoms with Crippen LogP contribution < -0.4 is 4.74 Å². The molecule has 1 saturated heterocycles. The fraction of sp³-hybridized carbons (Fsp3) is 0.310. The van der Waals surface area contributed by atoms with Gasteiger partial charge >= 0.3 is 0 Å². The number of aliphatic hydroxyl groups excluding tert-OH is 1. The molecule has 0 bridgehead atoms. The Hall–Kier alpha value is -3.60. The van der Waals surface area contributed by atoms with Crippen LogP contribution in [0.2, 0.25) is 0 Å². The number of hydrogen-bond donors (Lipinski definition) is 1. The molecule has 34 heavy (non-hydrogen) atoms. The van der Waals surface area contributed by atoms with Gasteiger partial charge in [-0.15, -0.1) is 0 Å². The predicted molar refractivity (Wildman–Crippen MR) is 133 cm³/mol. The molecule has 1 atom stereocenters. The fourth-order valence-electron chi connectivity index (χ4n) is 5.32. The number of benzene rings is 3. The number of ketones is 1. The first-order valence-electron chi connectivity index (χ1n) is 12.1. The highest BCUT2D eigenvalue weighted by atomic mass is 16.5. The molecule has 1 aliphatic carbocycles. The molecule has 1 N–H and O–H groups in total. The van der Waals surface area contributed by atoms with E-state index in [4.69, 9.17) is 4.74 Å². The summed E-state index contributed by atoms with van der Waals surface area (Å²) in [7, 11) is 0. The van der Waals surface area contributed by atoms with E-state index in [1.165, 1.54) is 0 Å². The average molecular weight is 456 g/mol. The van der Waals surface area contributed by atoms with Crippen LogP contribution in [0.15, 0.2) is 72.3 Å². The maximum atomic E-state index is 13.4. The van der Waals surface area contributed by atoms with Crippen LogP contribution in [0, 0.1) is 0 Å². The third kappa shape index (κ3) is 3.96. The lowest BCUT2D eigenvalue weighted by atomic mass is 9.90. The van der Waals surface area contributed by atoms with Gasteiger partial charge in [-0.1, -0.05) is 67.8 Å². The molecule has 5 rings (SSSR count). The van der Waals surface area contributed by atoms with Crippen LogP contribution in [0.5, 0.6) is 5.75 Å². The van der Waals surface area contributed by atoms with Crippen molar-refractivity contribution in [2.45, 2.75) is 51.1 Å². The highest BCUT2D eigenvalue weighted by Gasteiger charge is 2.48. The Balaban J connectivity index is 1.64. The van der Waals surface area contributed by atoms with E-state index in [2.05, 4.69) is 0 Å². The van der Waals surface area contributed by atoms with E-state index in [9.17, 15) is 14.7 Å². The molecule has 1 heterocycles. The molecule has 0 spiro atoms. The lowest BCUT2D eigenvalue weighted by molar-refractivity contribution is -0.141. The maximum Gasteiger partial charge on any atom is 0.295 e. The summed E-state index contributed by atoms with van der Waals surface area (Å²) in [6, 6.07) is 20.3. The molecule has 1 aliphatic heterocycles. The minimum absolute atomic E-state index is 0.0105. The summed E-state index contributed by atoms with van der Waals surface area (Å²) in [6.07, 6.45) is 4.96. The van der Waals surface area contributed by atoms with Crippen molar-refractivity contribution < 1.29 is 19.4 Å². The van der Waals surface area contributed by atoms with Crippen LogP contribution in [0.25, 0.3) is 16.5 Å². The molecule has 3 aromatic rings. The van der Waals surface area contributed by atoms with Gasteiger partial charge in [0.05, 0.1) is 18.2 Å². The summed E-state index contributed by atoms with van der Waals surface area (Å²) in [6.45, 7) is 2.48. The van der Waals surface area contributed by atoms with E-state index in [0.717, 1.165) is 54.2 Å². The molecule has 3 aromatic carbocycles. The average Bonchev–Trinajstić information content (AvgIpc) is 3.14. The van der Waals surface area contributed by atoms with Crippen molar-refractivity contribution in [3.8, 4) is 5.75 Å². The number of fused-ring (bicyclic) bond motifs is 1. The Morgan fingerprint density at radius 3 is 2.35 bits per heavy atom. The minimum Gasteiger partial charge on any atom is -0.507 e. The number of ether oxygens (including phenoxy) is 1. The Bertz CT molecular complexity index is 1250.